The molecule has 0 aliphatic heterocycles. The standard InChI is InChI=1S/C20H14N2O/c23-13-18-21-17-12-11-16(14-7-3-1-4-8-14)19(20(17)22-18)15-9-5-2-6-10-15/h1-13H,(H,21,22). The minimum Gasteiger partial charge on any atom is -0.336 e. The normalized spacial score (nSPS) is 10.8. The quantitative estimate of drug-likeness (QED) is 0.557. The SMILES string of the molecule is O=Cc1nc2c(-c3ccccc3)c(-c3ccccc3)ccc2[nH]1. The van der Waals surface area contributed by atoms with Gasteiger partial charge in [0.2, 0.25) is 0 Å². The molecule has 0 atom stereocenters. The Morgan fingerprint density at radius 2 is 1.43 bits per heavy atom. The lowest BCUT2D eigenvalue weighted by Gasteiger charge is -2.11. The number of hydrogen-bond donors (Lipinski definition) is 1. The molecule has 0 aliphatic carbocycles. The van der Waals surface area contributed by atoms with E-state index in [-0.39, 0.29) is 0 Å². The number of aromatic amines is 1. The maximum absolute atomic E-state index is 11.1. The van der Waals surface area contributed by atoms with Crippen LogP contribution >= 0.6 is 0 Å². The van der Waals surface area contributed by atoms with Crippen molar-refractivity contribution in [3.8, 4) is 22.3 Å². The van der Waals surface area contributed by atoms with Crippen molar-refractivity contribution in [2.45, 2.75) is 0 Å². The Balaban J connectivity index is 2.08. The van der Waals surface area contributed by atoms with Gasteiger partial charge in [-0.15, -0.1) is 0 Å². The Labute approximate surface area is 133 Å². The molecule has 1 heterocycles. The lowest BCUT2D eigenvalue weighted by atomic mass is 9.93. The molecule has 0 radical (unpaired) electrons. The first kappa shape index (κ1) is 13.5. The third-order valence-corrected chi connectivity index (χ3v) is 3.93. The highest BCUT2D eigenvalue weighted by molar-refractivity contribution is 6.01. The third-order valence-electron chi connectivity index (χ3n) is 3.93. The van der Waals surface area contributed by atoms with E-state index in [1.165, 1.54) is 0 Å². The van der Waals surface area contributed by atoms with Crippen molar-refractivity contribution in [2.75, 3.05) is 0 Å². The Bertz CT molecular complexity index is 973. The molecular formula is C20H14N2O. The van der Waals surface area contributed by atoms with Gasteiger partial charge >= 0.3 is 0 Å². The molecule has 0 fully saturated rings. The van der Waals surface area contributed by atoms with E-state index in [2.05, 4.69) is 40.3 Å². The van der Waals surface area contributed by atoms with Crippen LogP contribution in [0.3, 0.4) is 0 Å². The van der Waals surface area contributed by atoms with Crippen molar-refractivity contribution in [3.63, 3.8) is 0 Å². The van der Waals surface area contributed by atoms with E-state index in [0.717, 1.165) is 39.6 Å². The zero-order valence-electron chi connectivity index (χ0n) is 12.4. The lowest BCUT2D eigenvalue weighted by Crippen LogP contribution is -1.87. The van der Waals surface area contributed by atoms with Gasteiger partial charge in [0, 0.05) is 5.56 Å². The molecule has 0 saturated heterocycles. The number of H-pyrrole nitrogens is 1. The van der Waals surface area contributed by atoms with Crippen LogP contribution in [-0.2, 0) is 0 Å². The average molecular weight is 298 g/mol. The van der Waals surface area contributed by atoms with Crippen LogP contribution in [0.25, 0.3) is 33.3 Å². The van der Waals surface area contributed by atoms with Gasteiger partial charge in [0.15, 0.2) is 12.1 Å². The maximum Gasteiger partial charge on any atom is 0.185 e. The Morgan fingerprint density at radius 3 is 2.09 bits per heavy atom. The fourth-order valence-corrected chi connectivity index (χ4v) is 2.91. The van der Waals surface area contributed by atoms with Gasteiger partial charge in [-0.1, -0.05) is 66.7 Å². The van der Waals surface area contributed by atoms with Crippen molar-refractivity contribution in [3.05, 3.63) is 78.6 Å². The molecule has 0 saturated carbocycles. The van der Waals surface area contributed by atoms with E-state index in [4.69, 9.17) is 0 Å². The first-order valence-electron chi connectivity index (χ1n) is 7.45. The van der Waals surface area contributed by atoms with E-state index < -0.39 is 0 Å². The van der Waals surface area contributed by atoms with Crippen LogP contribution in [0.15, 0.2) is 72.8 Å². The van der Waals surface area contributed by atoms with E-state index in [9.17, 15) is 4.79 Å². The van der Waals surface area contributed by atoms with Crippen molar-refractivity contribution >= 4 is 17.3 Å². The van der Waals surface area contributed by atoms with Gasteiger partial charge in [0.1, 0.15) is 0 Å². The number of carbonyl (C=O) groups excluding carboxylic acids is 1. The molecule has 0 bridgehead atoms. The fourth-order valence-electron chi connectivity index (χ4n) is 2.91. The minimum absolute atomic E-state index is 0.349. The van der Waals surface area contributed by atoms with E-state index in [0.29, 0.717) is 5.82 Å². The highest BCUT2D eigenvalue weighted by atomic mass is 16.1. The number of rotatable bonds is 3. The summed E-state index contributed by atoms with van der Waals surface area (Å²) < 4.78 is 0. The van der Waals surface area contributed by atoms with E-state index >= 15 is 0 Å². The van der Waals surface area contributed by atoms with Gasteiger partial charge in [0.25, 0.3) is 0 Å². The summed E-state index contributed by atoms with van der Waals surface area (Å²) in [6, 6.07) is 24.4. The highest BCUT2D eigenvalue weighted by Crippen LogP contribution is 2.36. The molecule has 3 nitrogen and oxygen atoms in total. The van der Waals surface area contributed by atoms with Gasteiger partial charge in [-0.2, -0.15) is 0 Å². The third kappa shape index (κ3) is 2.32. The molecule has 110 valence electrons. The predicted molar refractivity (Wildman–Crippen MR) is 92.4 cm³/mol. The number of aldehydes is 1. The van der Waals surface area contributed by atoms with Crippen LogP contribution in [0, 0.1) is 0 Å². The molecular weight excluding hydrogens is 284 g/mol. The second-order valence-corrected chi connectivity index (χ2v) is 5.36. The van der Waals surface area contributed by atoms with Gasteiger partial charge in [-0.05, 0) is 22.8 Å². The van der Waals surface area contributed by atoms with Crippen LogP contribution in [0.1, 0.15) is 10.6 Å². The number of nitrogens with zero attached hydrogens (tertiary/aromatic N) is 1. The van der Waals surface area contributed by atoms with Crippen molar-refractivity contribution in [2.24, 2.45) is 0 Å². The molecule has 3 heteroatoms. The number of aromatic nitrogens is 2. The summed E-state index contributed by atoms with van der Waals surface area (Å²) in [5.41, 5.74) is 6.04. The van der Waals surface area contributed by atoms with Crippen molar-refractivity contribution < 1.29 is 4.79 Å². The van der Waals surface area contributed by atoms with Gasteiger partial charge < -0.3 is 4.98 Å². The van der Waals surface area contributed by atoms with Crippen molar-refractivity contribution in [1.82, 2.24) is 9.97 Å². The molecule has 0 amide bonds. The predicted octanol–water partition coefficient (Wildman–Crippen LogP) is 4.71. The molecule has 23 heavy (non-hydrogen) atoms. The number of fused-ring (bicyclic) bond motifs is 1. The van der Waals surface area contributed by atoms with E-state index in [1.807, 2.05) is 42.5 Å². The average Bonchev–Trinajstić information content (AvgIpc) is 3.05. The van der Waals surface area contributed by atoms with E-state index in [1.54, 1.807) is 0 Å². The summed E-state index contributed by atoms with van der Waals surface area (Å²) in [7, 11) is 0. The molecule has 3 aromatic carbocycles. The molecule has 1 aromatic heterocycles. The van der Waals surface area contributed by atoms with Crippen LogP contribution in [0.2, 0.25) is 0 Å². The Hall–Kier alpha value is -3.20. The molecule has 4 rings (SSSR count). The number of benzene rings is 3. The zero-order chi connectivity index (χ0) is 15.6. The zero-order valence-corrected chi connectivity index (χ0v) is 12.4. The summed E-state index contributed by atoms with van der Waals surface area (Å²) in [5, 5.41) is 0. The topological polar surface area (TPSA) is 45.8 Å². The van der Waals surface area contributed by atoms with Gasteiger partial charge in [-0.25, -0.2) is 4.98 Å². The summed E-state index contributed by atoms with van der Waals surface area (Å²) >= 11 is 0. The Kier molecular flexibility index (Phi) is 3.24. The number of nitrogens with one attached hydrogen (secondary N) is 1. The number of imidazole rings is 1. The maximum atomic E-state index is 11.1. The summed E-state index contributed by atoms with van der Waals surface area (Å²) in [5.74, 6) is 0.349. The Morgan fingerprint density at radius 1 is 0.783 bits per heavy atom. The van der Waals surface area contributed by atoms with Crippen LogP contribution in [-0.4, -0.2) is 16.3 Å². The fraction of sp³-hybridized carbons (Fsp3) is 0. The smallest absolute Gasteiger partial charge is 0.185 e. The van der Waals surface area contributed by atoms with Crippen LogP contribution in [0.5, 0.6) is 0 Å². The first-order chi connectivity index (χ1) is 11.4. The highest BCUT2D eigenvalue weighted by Gasteiger charge is 2.14. The molecule has 1 N–H and O–H groups in total. The molecule has 0 unspecified atom stereocenters. The summed E-state index contributed by atoms with van der Waals surface area (Å²) in [6.07, 6.45) is 0.747. The monoisotopic (exact) mass is 298 g/mol. The van der Waals surface area contributed by atoms with Crippen LogP contribution in [0.4, 0.5) is 0 Å². The molecule has 0 spiro atoms. The first-order valence-corrected chi connectivity index (χ1v) is 7.45. The molecule has 0 aliphatic rings. The summed E-state index contributed by atoms with van der Waals surface area (Å²) in [6.45, 7) is 0. The van der Waals surface area contributed by atoms with Crippen molar-refractivity contribution in [1.29, 1.82) is 0 Å². The minimum atomic E-state index is 0.349. The number of carbonyl (C=O) groups is 1. The molecule has 4 aromatic rings. The second kappa shape index (κ2) is 5.54. The lowest BCUT2D eigenvalue weighted by molar-refractivity contribution is 0.111. The number of hydrogen-bond acceptors (Lipinski definition) is 2. The second-order valence-electron chi connectivity index (χ2n) is 5.36. The van der Waals surface area contributed by atoms with Gasteiger partial charge in [-0.3, -0.25) is 4.79 Å². The largest absolute Gasteiger partial charge is 0.336 e. The van der Waals surface area contributed by atoms with Gasteiger partial charge in [0.05, 0.1) is 11.0 Å². The van der Waals surface area contributed by atoms with Crippen LogP contribution < -0.4 is 0 Å². The summed E-state index contributed by atoms with van der Waals surface area (Å²) in [4.78, 5) is 18.6.